The number of aliphatic hydroxyl groups excluding tert-OH is 2. The highest BCUT2D eigenvalue weighted by Crippen LogP contribution is 2.31. The van der Waals surface area contributed by atoms with Gasteiger partial charge in [0.25, 0.3) is 0 Å². The van der Waals surface area contributed by atoms with Crippen LogP contribution in [-0.2, 0) is 4.79 Å². The van der Waals surface area contributed by atoms with Crippen LogP contribution in [0.1, 0.15) is 36.8 Å². The molecule has 3 nitrogen and oxygen atoms in total. The lowest BCUT2D eigenvalue weighted by Crippen LogP contribution is -2.33. The molecule has 2 aromatic carbocycles. The first-order chi connectivity index (χ1) is 10.5. The van der Waals surface area contributed by atoms with E-state index in [2.05, 4.69) is 0 Å². The number of hydrogen-bond donors (Lipinski definition) is 2. The molecule has 22 heavy (non-hydrogen) atoms. The largest absolute Gasteiger partial charge is 0.392 e. The van der Waals surface area contributed by atoms with E-state index in [0.29, 0.717) is 0 Å². The van der Waals surface area contributed by atoms with Gasteiger partial charge in [-0.15, -0.1) is 0 Å². The van der Waals surface area contributed by atoms with Crippen LogP contribution >= 0.6 is 0 Å². The Morgan fingerprint density at radius 3 is 1.32 bits per heavy atom. The van der Waals surface area contributed by atoms with Crippen molar-refractivity contribution in [1.29, 1.82) is 0 Å². The van der Waals surface area contributed by atoms with Crippen molar-refractivity contribution in [3.05, 3.63) is 71.8 Å². The molecule has 0 heterocycles. The summed E-state index contributed by atoms with van der Waals surface area (Å²) in [4.78, 5) is 13.0. The molecule has 0 saturated carbocycles. The topological polar surface area (TPSA) is 57.5 Å². The smallest absolute Gasteiger partial charge is 0.152 e. The summed E-state index contributed by atoms with van der Waals surface area (Å²) in [5.41, 5.74) is 1.54. The van der Waals surface area contributed by atoms with Gasteiger partial charge in [-0.1, -0.05) is 60.7 Å². The highest BCUT2D eigenvalue weighted by atomic mass is 16.3. The van der Waals surface area contributed by atoms with Gasteiger partial charge in [-0.2, -0.15) is 0 Å². The van der Waals surface area contributed by atoms with Crippen molar-refractivity contribution in [3.63, 3.8) is 0 Å². The van der Waals surface area contributed by atoms with Crippen molar-refractivity contribution in [2.75, 3.05) is 0 Å². The fourth-order valence-corrected chi connectivity index (χ4v) is 2.88. The van der Waals surface area contributed by atoms with Crippen molar-refractivity contribution >= 4 is 5.78 Å². The first-order valence-electron chi connectivity index (χ1n) is 7.52. The Kier molecular flexibility index (Phi) is 5.47. The minimum atomic E-state index is -0.820. The Morgan fingerprint density at radius 1 is 0.727 bits per heavy atom. The molecule has 0 bridgehead atoms. The maximum absolute atomic E-state index is 13.0. The lowest BCUT2D eigenvalue weighted by molar-refractivity contribution is -0.126. The second-order valence-electron chi connectivity index (χ2n) is 5.66. The Hall–Kier alpha value is -1.97. The maximum atomic E-state index is 13.0. The molecule has 116 valence electrons. The predicted octanol–water partition coefficient (Wildman–Crippen LogP) is 2.88. The molecular weight excluding hydrogens is 276 g/mol. The van der Waals surface area contributed by atoms with Crippen LogP contribution in [0, 0.1) is 0 Å². The fraction of sp³-hybridized carbons (Fsp3) is 0.316. The molecule has 4 atom stereocenters. The van der Waals surface area contributed by atoms with Gasteiger partial charge in [0.15, 0.2) is 5.78 Å². The second-order valence-corrected chi connectivity index (χ2v) is 5.66. The zero-order valence-electron chi connectivity index (χ0n) is 12.9. The van der Waals surface area contributed by atoms with E-state index in [4.69, 9.17) is 0 Å². The number of ketones is 1. The SMILES string of the molecule is CC(O)C(C(=O)C(c1ccccc1)C(C)O)c1ccccc1. The average Bonchev–Trinajstić information content (AvgIpc) is 2.49. The highest BCUT2D eigenvalue weighted by Gasteiger charge is 2.34. The number of carbonyl (C=O) groups is 1. The first kappa shape index (κ1) is 16.4. The van der Waals surface area contributed by atoms with Gasteiger partial charge < -0.3 is 10.2 Å². The minimum absolute atomic E-state index is 0.164. The monoisotopic (exact) mass is 298 g/mol. The molecule has 0 spiro atoms. The molecule has 0 aliphatic heterocycles. The summed E-state index contributed by atoms with van der Waals surface area (Å²) in [6.07, 6.45) is -1.64. The van der Waals surface area contributed by atoms with Crippen LogP contribution in [0.5, 0.6) is 0 Å². The van der Waals surface area contributed by atoms with E-state index in [1.54, 1.807) is 13.8 Å². The van der Waals surface area contributed by atoms with Crippen molar-refractivity contribution in [2.45, 2.75) is 37.9 Å². The Bertz CT molecular complexity index is 537. The zero-order valence-corrected chi connectivity index (χ0v) is 12.9. The summed E-state index contributed by atoms with van der Waals surface area (Å²) in [7, 11) is 0. The molecular formula is C19H22O3. The van der Waals surface area contributed by atoms with E-state index in [1.165, 1.54) is 0 Å². The number of benzene rings is 2. The molecule has 4 unspecified atom stereocenters. The third kappa shape index (κ3) is 3.62. The van der Waals surface area contributed by atoms with E-state index in [-0.39, 0.29) is 5.78 Å². The number of carbonyl (C=O) groups excluding carboxylic acids is 1. The van der Waals surface area contributed by atoms with E-state index >= 15 is 0 Å². The summed E-state index contributed by atoms with van der Waals surface area (Å²) in [6, 6.07) is 18.5. The van der Waals surface area contributed by atoms with Crippen molar-refractivity contribution in [3.8, 4) is 0 Å². The van der Waals surface area contributed by atoms with Crippen LogP contribution in [0.4, 0.5) is 0 Å². The second kappa shape index (κ2) is 7.34. The summed E-state index contributed by atoms with van der Waals surface area (Å²) in [6.45, 7) is 3.22. The lowest BCUT2D eigenvalue weighted by atomic mass is 9.79. The van der Waals surface area contributed by atoms with E-state index in [1.807, 2.05) is 60.7 Å². The molecule has 0 radical (unpaired) electrons. The predicted molar refractivity (Wildman–Crippen MR) is 86.7 cm³/mol. The van der Waals surface area contributed by atoms with Gasteiger partial charge >= 0.3 is 0 Å². The molecule has 2 aromatic rings. The van der Waals surface area contributed by atoms with Gasteiger partial charge in [0.1, 0.15) is 0 Å². The standard InChI is InChI=1S/C19H22O3/c1-13(20)17(15-9-5-3-6-10-15)19(22)18(14(2)21)16-11-7-4-8-12-16/h3-14,17-18,20-21H,1-2H3. The molecule has 0 aromatic heterocycles. The van der Waals surface area contributed by atoms with Crippen molar-refractivity contribution in [1.82, 2.24) is 0 Å². The molecule has 0 aliphatic rings. The van der Waals surface area contributed by atoms with Gasteiger partial charge in [0.2, 0.25) is 0 Å². The van der Waals surface area contributed by atoms with Crippen LogP contribution in [0.15, 0.2) is 60.7 Å². The van der Waals surface area contributed by atoms with Gasteiger partial charge in [0, 0.05) is 0 Å². The van der Waals surface area contributed by atoms with Crippen molar-refractivity contribution in [2.24, 2.45) is 0 Å². The quantitative estimate of drug-likeness (QED) is 0.862. The minimum Gasteiger partial charge on any atom is -0.392 e. The van der Waals surface area contributed by atoms with Crippen LogP contribution in [0.2, 0.25) is 0 Å². The molecule has 0 fully saturated rings. The van der Waals surface area contributed by atoms with Crippen LogP contribution in [-0.4, -0.2) is 28.2 Å². The molecule has 2 rings (SSSR count). The van der Waals surface area contributed by atoms with Gasteiger partial charge in [0.05, 0.1) is 24.0 Å². The first-order valence-corrected chi connectivity index (χ1v) is 7.52. The fourth-order valence-electron chi connectivity index (χ4n) is 2.88. The normalized spacial score (nSPS) is 16.5. The third-order valence-corrected chi connectivity index (χ3v) is 3.90. The summed E-state index contributed by atoms with van der Waals surface area (Å²) in [5.74, 6) is -1.47. The highest BCUT2D eigenvalue weighted by molar-refractivity contribution is 5.92. The van der Waals surface area contributed by atoms with Crippen molar-refractivity contribution < 1.29 is 15.0 Å². The number of aliphatic hydroxyl groups is 2. The Morgan fingerprint density at radius 2 is 1.05 bits per heavy atom. The van der Waals surface area contributed by atoms with Crippen LogP contribution in [0.25, 0.3) is 0 Å². The molecule has 2 N–H and O–H groups in total. The van der Waals surface area contributed by atoms with E-state index in [0.717, 1.165) is 11.1 Å². The molecule has 0 amide bonds. The lowest BCUT2D eigenvalue weighted by Gasteiger charge is -2.27. The number of hydrogen-bond acceptors (Lipinski definition) is 3. The summed E-state index contributed by atoms with van der Waals surface area (Å²) in [5, 5.41) is 20.2. The number of rotatable bonds is 6. The van der Waals surface area contributed by atoms with E-state index in [9.17, 15) is 15.0 Å². The Balaban J connectivity index is 2.40. The van der Waals surface area contributed by atoms with E-state index < -0.39 is 24.0 Å². The average molecular weight is 298 g/mol. The molecule has 0 saturated heterocycles. The van der Waals surface area contributed by atoms with Gasteiger partial charge in [-0.3, -0.25) is 4.79 Å². The molecule has 0 aliphatic carbocycles. The zero-order chi connectivity index (χ0) is 16.1. The maximum Gasteiger partial charge on any atom is 0.152 e. The molecule has 3 heteroatoms. The van der Waals surface area contributed by atoms with Crippen LogP contribution < -0.4 is 0 Å². The summed E-state index contributed by atoms with van der Waals surface area (Å²) < 4.78 is 0. The number of Topliss-reactive ketones (excluding diaryl/α,β-unsaturated/α-hetero) is 1. The van der Waals surface area contributed by atoms with Gasteiger partial charge in [-0.25, -0.2) is 0 Å². The summed E-state index contributed by atoms with van der Waals surface area (Å²) >= 11 is 0. The van der Waals surface area contributed by atoms with Crippen LogP contribution in [0.3, 0.4) is 0 Å². The Labute approximate surface area is 131 Å². The third-order valence-electron chi connectivity index (χ3n) is 3.90. The van der Waals surface area contributed by atoms with Gasteiger partial charge in [-0.05, 0) is 25.0 Å².